The molecule has 0 aliphatic rings. The van der Waals surface area contributed by atoms with Crippen LogP contribution < -0.4 is 5.19 Å². The second-order valence-electron chi connectivity index (χ2n) is 5.53. The highest BCUT2D eigenvalue weighted by atomic mass is 28.4. The average molecular weight is 325 g/mol. The lowest BCUT2D eigenvalue weighted by molar-refractivity contribution is 0.0700. The van der Waals surface area contributed by atoms with Gasteiger partial charge in [-0.1, -0.05) is 70.4 Å². The van der Waals surface area contributed by atoms with E-state index < -0.39 is 8.80 Å². The van der Waals surface area contributed by atoms with Crippen LogP contribution in [0.3, 0.4) is 0 Å². The standard InChI is InChI=1S/C18H32O3Si/c1-4-7-15-19-22(20-16-8-5-2,21-17-9-6-3)18-13-11-10-12-14-18/h10-14H,4-9,15-17H2,1-3H3. The Bertz CT molecular complexity index is 343. The molecule has 0 aromatic heterocycles. The maximum atomic E-state index is 6.24. The van der Waals surface area contributed by atoms with E-state index in [9.17, 15) is 0 Å². The molecule has 1 rings (SSSR count). The Morgan fingerprint density at radius 2 is 1.09 bits per heavy atom. The van der Waals surface area contributed by atoms with Crippen LogP contribution in [0.25, 0.3) is 0 Å². The minimum atomic E-state index is -2.78. The van der Waals surface area contributed by atoms with Crippen LogP contribution in [-0.4, -0.2) is 28.6 Å². The summed E-state index contributed by atoms with van der Waals surface area (Å²) in [6.45, 7) is 8.63. The molecule has 0 radical (unpaired) electrons. The van der Waals surface area contributed by atoms with Crippen LogP contribution in [0.15, 0.2) is 30.3 Å². The minimum Gasteiger partial charge on any atom is -0.370 e. The first kappa shape index (κ1) is 19.4. The van der Waals surface area contributed by atoms with Crippen molar-refractivity contribution in [2.24, 2.45) is 0 Å². The lowest BCUT2D eigenvalue weighted by Gasteiger charge is -2.30. The molecule has 0 atom stereocenters. The first-order chi connectivity index (χ1) is 10.8. The van der Waals surface area contributed by atoms with Gasteiger partial charge in [0.2, 0.25) is 0 Å². The quantitative estimate of drug-likeness (QED) is 0.400. The second kappa shape index (κ2) is 11.8. The zero-order chi connectivity index (χ0) is 16.1. The smallest absolute Gasteiger partial charge is 0.370 e. The maximum Gasteiger partial charge on any atom is 0.537 e. The summed E-state index contributed by atoms with van der Waals surface area (Å²) in [5.74, 6) is 0. The lowest BCUT2D eigenvalue weighted by Crippen LogP contribution is -2.57. The normalized spacial score (nSPS) is 11.8. The van der Waals surface area contributed by atoms with Crippen molar-refractivity contribution in [3.05, 3.63) is 30.3 Å². The van der Waals surface area contributed by atoms with Crippen molar-refractivity contribution in [3.63, 3.8) is 0 Å². The third-order valence-electron chi connectivity index (χ3n) is 3.50. The summed E-state index contributed by atoms with van der Waals surface area (Å²) < 4.78 is 18.7. The van der Waals surface area contributed by atoms with Gasteiger partial charge in [0, 0.05) is 25.0 Å². The maximum absolute atomic E-state index is 6.24. The first-order valence-corrected chi connectivity index (χ1v) is 10.5. The molecule has 0 saturated heterocycles. The van der Waals surface area contributed by atoms with Gasteiger partial charge in [0.25, 0.3) is 0 Å². The number of rotatable bonds is 13. The fourth-order valence-corrected chi connectivity index (χ4v) is 4.66. The molecule has 0 aliphatic heterocycles. The SMILES string of the molecule is CCCCO[Si](OCCCC)(OCCCC)c1ccccc1. The summed E-state index contributed by atoms with van der Waals surface area (Å²) in [5.41, 5.74) is 0. The van der Waals surface area contributed by atoms with Crippen LogP contribution in [0.4, 0.5) is 0 Å². The van der Waals surface area contributed by atoms with Gasteiger partial charge in [-0.3, -0.25) is 0 Å². The van der Waals surface area contributed by atoms with Crippen molar-refractivity contribution < 1.29 is 13.3 Å². The molecule has 1 aromatic rings. The molecule has 0 fully saturated rings. The van der Waals surface area contributed by atoms with Gasteiger partial charge in [0.1, 0.15) is 0 Å². The van der Waals surface area contributed by atoms with Crippen molar-refractivity contribution in [2.45, 2.75) is 59.3 Å². The lowest BCUT2D eigenvalue weighted by atomic mass is 10.4. The molecule has 0 bridgehead atoms. The van der Waals surface area contributed by atoms with Crippen molar-refractivity contribution in [1.29, 1.82) is 0 Å². The van der Waals surface area contributed by atoms with Crippen molar-refractivity contribution in [2.75, 3.05) is 19.8 Å². The fourth-order valence-electron chi connectivity index (χ4n) is 2.07. The van der Waals surface area contributed by atoms with Crippen molar-refractivity contribution in [3.8, 4) is 0 Å². The van der Waals surface area contributed by atoms with E-state index in [0.29, 0.717) is 19.8 Å². The summed E-state index contributed by atoms with van der Waals surface area (Å²) in [7, 11) is -2.78. The van der Waals surface area contributed by atoms with Crippen LogP contribution in [0.1, 0.15) is 59.3 Å². The van der Waals surface area contributed by atoms with Crippen LogP contribution >= 0.6 is 0 Å². The highest BCUT2D eigenvalue weighted by Crippen LogP contribution is 2.14. The van der Waals surface area contributed by atoms with Gasteiger partial charge in [-0.25, -0.2) is 0 Å². The molecule has 0 spiro atoms. The predicted octanol–water partition coefficient (Wildman–Crippen LogP) is 4.28. The Hall–Kier alpha value is -0.683. The van der Waals surface area contributed by atoms with E-state index in [1.54, 1.807) is 0 Å². The highest BCUT2D eigenvalue weighted by Gasteiger charge is 2.43. The Morgan fingerprint density at radius 1 is 0.682 bits per heavy atom. The molecule has 4 heteroatoms. The number of benzene rings is 1. The third kappa shape index (κ3) is 6.61. The van der Waals surface area contributed by atoms with Crippen LogP contribution in [0, 0.1) is 0 Å². The zero-order valence-electron chi connectivity index (χ0n) is 14.5. The molecule has 0 aliphatic carbocycles. The summed E-state index contributed by atoms with van der Waals surface area (Å²) in [5, 5.41) is 1.08. The minimum absolute atomic E-state index is 0.704. The summed E-state index contributed by atoms with van der Waals surface area (Å²) in [6.07, 6.45) is 6.46. The first-order valence-electron chi connectivity index (χ1n) is 8.76. The van der Waals surface area contributed by atoms with Crippen LogP contribution in [0.2, 0.25) is 0 Å². The molecule has 0 amide bonds. The van der Waals surface area contributed by atoms with Gasteiger partial charge in [-0.15, -0.1) is 0 Å². The fraction of sp³-hybridized carbons (Fsp3) is 0.667. The second-order valence-corrected chi connectivity index (χ2v) is 8.08. The number of unbranched alkanes of at least 4 members (excludes halogenated alkanes) is 3. The predicted molar refractivity (Wildman–Crippen MR) is 94.4 cm³/mol. The molecule has 0 N–H and O–H groups in total. The largest absolute Gasteiger partial charge is 0.537 e. The number of hydrogen-bond donors (Lipinski definition) is 0. The molecule has 1 aromatic carbocycles. The topological polar surface area (TPSA) is 27.7 Å². The third-order valence-corrected chi connectivity index (χ3v) is 6.29. The van der Waals surface area contributed by atoms with E-state index in [1.807, 2.05) is 18.2 Å². The molecule has 22 heavy (non-hydrogen) atoms. The van der Waals surface area contributed by atoms with E-state index in [-0.39, 0.29) is 0 Å². The average Bonchev–Trinajstić information content (AvgIpc) is 2.56. The molecule has 0 heterocycles. The van der Waals surface area contributed by atoms with Crippen molar-refractivity contribution >= 4 is 14.0 Å². The number of hydrogen-bond acceptors (Lipinski definition) is 3. The van der Waals surface area contributed by atoms with E-state index in [2.05, 4.69) is 32.9 Å². The highest BCUT2D eigenvalue weighted by molar-refractivity contribution is 6.75. The Balaban J connectivity index is 2.88. The van der Waals surface area contributed by atoms with E-state index in [1.165, 1.54) is 0 Å². The summed E-state index contributed by atoms with van der Waals surface area (Å²) >= 11 is 0. The van der Waals surface area contributed by atoms with Crippen LogP contribution in [0.5, 0.6) is 0 Å². The van der Waals surface area contributed by atoms with Crippen molar-refractivity contribution in [1.82, 2.24) is 0 Å². The molecular formula is C18H32O3Si. The van der Waals surface area contributed by atoms with Gasteiger partial charge >= 0.3 is 8.80 Å². The molecule has 0 saturated carbocycles. The van der Waals surface area contributed by atoms with E-state index in [4.69, 9.17) is 13.3 Å². The van der Waals surface area contributed by atoms with Gasteiger partial charge in [0.15, 0.2) is 0 Å². The van der Waals surface area contributed by atoms with E-state index >= 15 is 0 Å². The van der Waals surface area contributed by atoms with E-state index in [0.717, 1.165) is 43.7 Å². The molecule has 0 unspecified atom stereocenters. The zero-order valence-corrected chi connectivity index (χ0v) is 15.5. The van der Waals surface area contributed by atoms with Gasteiger partial charge < -0.3 is 13.3 Å². The molecule has 3 nitrogen and oxygen atoms in total. The van der Waals surface area contributed by atoms with Gasteiger partial charge in [0.05, 0.1) is 0 Å². The molecular weight excluding hydrogens is 292 g/mol. The molecule has 126 valence electrons. The summed E-state index contributed by atoms with van der Waals surface area (Å²) in [6, 6.07) is 10.2. The Morgan fingerprint density at radius 3 is 1.45 bits per heavy atom. The Kier molecular flexibility index (Phi) is 10.4. The summed E-state index contributed by atoms with van der Waals surface area (Å²) in [4.78, 5) is 0. The Labute approximate surface area is 137 Å². The van der Waals surface area contributed by atoms with Gasteiger partial charge in [-0.05, 0) is 19.3 Å². The monoisotopic (exact) mass is 324 g/mol. The van der Waals surface area contributed by atoms with Gasteiger partial charge in [-0.2, -0.15) is 0 Å². The van der Waals surface area contributed by atoms with Crippen LogP contribution in [-0.2, 0) is 13.3 Å².